The second-order valence-electron chi connectivity index (χ2n) is 3.38. The summed E-state index contributed by atoms with van der Waals surface area (Å²) in [7, 11) is 0. The van der Waals surface area contributed by atoms with Crippen LogP contribution in [-0.2, 0) is 0 Å². The van der Waals surface area contributed by atoms with Crippen LogP contribution in [0.3, 0.4) is 0 Å². The Morgan fingerprint density at radius 1 is 1.47 bits per heavy atom. The first-order valence-corrected chi connectivity index (χ1v) is 4.92. The molecule has 0 aliphatic heterocycles. The molecule has 1 aromatic rings. The maximum atomic E-state index is 11.2. The maximum Gasteiger partial charge on any atom is 0.161 e. The highest BCUT2D eigenvalue weighted by atomic mass is 16.1. The molecule has 0 aromatic heterocycles. The number of carbonyl (C=O) groups excluding carboxylic acids is 1. The summed E-state index contributed by atoms with van der Waals surface area (Å²) in [5, 5.41) is 0. The number of rotatable bonds is 4. The number of benzene rings is 1. The molecular weight excluding hydrogens is 188 g/mol. The Morgan fingerprint density at radius 2 is 2.20 bits per heavy atom. The highest BCUT2D eigenvalue weighted by molar-refractivity contribution is 5.99. The summed E-state index contributed by atoms with van der Waals surface area (Å²) in [6.45, 7) is 2.14. The van der Waals surface area contributed by atoms with Gasteiger partial charge in [0, 0.05) is 11.3 Å². The molecule has 0 spiro atoms. The lowest BCUT2D eigenvalue weighted by molar-refractivity contribution is 0.101. The van der Waals surface area contributed by atoms with Gasteiger partial charge >= 0.3 is 0 Å². The average molecular weight is 204 g/mol. The van der Waals surface area contributed by atoms with Crippen LogP contribution in [0.15, 0.2) is 24.3 Å². The van der Waals surface area contributed by atoms with Crippen LogP contribution in [-0.4, -0.2) is 12.3 Å². The average Bonchev–Trinajstić information content (AvgIpc) is 2.20. The Balaban J connectivity index is 2.92. The minimum Gasteiger partial charge on any atom is -0.398 e. The molecule has 0 bridgehead atoms. The Kier molecular flexibility index (Phi) is 4.06. The van der Waals surface area contributed by atoms with Gasteiger partial charge in [-0.3, -0.25) is 4.79 Å². The minimum absolute atomic E-state index is 0.0124. The van der Waals surface area contributed by atoms with Gasteiger partial charge in [0.1, 0.15) is 0 Å². The van der Waals surface area contributed by atoms with Crippen molar-refractivity contribution in [1.82, 2.24) is 0 Å². The molecule has 0 atom stereocenters. The van der Waals surface area contributed by atoms with Crippen LogP contribution in [0.2, 0.25) is 0 Å². The molecule has 0 saturated carbocycles. The quantitative estimate of drug-likeness (QED) is 0.580. The number of nitrogens with two attached hydrogens (primary N) is 2. The van der Waals surface area contributed by atoms with Gasteiger partial charge in [0.25, 0.3) is 0 Å². The van der Waals surface area contributed by atoms with Crippen molar-refractivity contribution in [3.8, 4) is 0 Å². The Morgan fingerprint density at radius 3 is 2.80 bits per heavy atom. The lowest BCUT2D eigenvalue weighted by Gasteiger charge is -2.02. The van der Waals surface area contributed by atoms with Crippen LogP contribution in [0.5, 0.6) is 0 Å². The van der Waals surface area contributed by atoms with Crippen LogP contribution in [0.4, 0.5) is 5.69 Å². The fraction of sp³-hybridized carbons (Fsp3) is 0.250. The van der Waals surface area contributed by atoms with Crippen LogP contribution in [0.1, 0.15) is 29.3 Å². The number of ketones is 1. The molecule has 0 aliphatic carbocycles. The monoisotopic (exact) mass is 204 g/mol. The van der Waals surface area contributed by atoms with Crippen molar-refractivity contribution in [3.63, 3.8) is 0 Å². The summed E-state index contributed by atoms with van der Waals surface area (Å²) in [6, 6.07) is 5.43. The smallest absolute Gasteiger partial charge is 0.161 e. The predicted octanol–water partition coefficient (Wildman–Crippen LogP) is 1.83. The van der Waals surface area contributed by atoms with Gasteiger partial charge in [-0.1, -0.05) is 18.2 Å². The maximum absolute atomic E-state index is 11.2. The molecule has 1 rings (SSSR count). The van der Waals surface area contributed by atoms with E-state index in [1.165, 1.54) is 6.92 Å². The van der Waals surface area contributed by atoms with E-state index in [-0.39, 0.29) is 5.78 Å². The molecule has 15 heavy (non-hydrogen) atoms. The zero-order chi connectivity index (χ0) is 11.3. The lowest BCUT2D eigenvalue weighted by Crippen LogP contribution is -1.99. The highest BCUT2D eigenvalue weighted by Gasteiger charge is 2.03. The molecule has 1 aromatic carbocycles. The van der Waals surface area contributed by atoms with Crippen LogP contribution >= 0.6 is 0 Å². The largest absolute Gasteiger partial charge is 0.398 e. The topological polar surface area (TPSA) is 69.1 Å². The van der Waals surface area contributed by atoms with Crippen molar-refractivity contribution in [1.29, 1.82) is 0 Å². The number of nitrogen functional groups attached to an aromatic ring is 1. The van der Waals surface area contributed by atoms with Gasteiger partial charge in [-0.15, -0.1) is 0 Å². The Labute approximate surface area is 89.8 Å². The first kappa shape index (κ1) is 11.5. The number of carbonyl (C=O) groups is 1. The zero-order valence-corrected chi connectivity index (χ0v) is 8.86. The number of hydrogen-bond donors (Lipinski definition) is 2. The zero-order valence-electron chi connectivity index (χ0n) is 8.86. The van der Waals surface area contributed by atoms with Crippen molar-refractivity contribution in [2.45, 2.75) is 13.3 Å². The van der Waals surface area contributed by atoms with E-state index in [1.807, 2.05) is 18.2 Å². The SMILES string of the molecule is CC(=O)c1cc(C=CCCN)ccc1N. The molecule has 3 heteroatoms. The van der Waals surface area contributed by atoms with Crippen molar-refractivity contribution in [2.75, 3.05) is 12.3 Å². The van der Waals surface area contributed by atoms with Crippen molar-refractivity contribution >= 4 is 17.5 Å². The number of anilines is 1. The van der Waals surface area contributed by atoms with Gasteiger partial charge in [0.2, 0.25) is 0 Å². The van der Waals surface area contributed by atoms with Gasteiger partial charge in [0.15, 0.2) is 5.78 Å². The van der Waals surface area contributed by atoms with Crippen molar-refractivity contribution in [2.24, 2.45) is 5.73 Å². The highest BCUT2D eigenvalue weighted by Crippen LogP contribution is 2.15. The van der Waals surface area contributed by atoms with E-state index in [4.69, 9.17) is 11.5 Å². The summed E-state index contributed by atoms with van der Waals surface area (Å²) in [4.78, 5) is 11.2. The number of hydrogen-bond acceptors (Lipinski definition) is 3. The molecule has 0 saturated heterocycles. The fourth-order valence-corrected chi connectivity index (χ4v) is 1.30. The van der Waals surface area contributed by atoms with Crippen LogP contribution < -0.4 is 11.5 Å². The Bertz CT molecular complexity index is 383. The second kappa shape index (κ2) is 5.32. The van der Waals surface area contributed by atoms with Gasteiger partial charge in [-0.05, 0) is 37.6 Å². The molecule has 0 radical (unpaired) electrons. The van der Waals surface area contributed by atoms with Gasteiger partial charge in [0.05, 0.1) is 0 Å². The van der Waals surface area contributed by atoms with E-state index in [0.717, 1.165) is 12.0 Å². The molecule has 0 unspecified atom stereocenters. The van der Waals surface area contributed by atoms with Crippen LogP contribution in [0.25, 0.3) is 6.08 Å². The summed E-state index contributed by atoms with van der Waals surface area (Å²) in [5.74, 6) is -0.0124. The summed E-state index contributed by atoms with van der Waals surface area (Å²) in [6.07, 6.45) is 4.76. The normalized spacial score (nSPS) is 10.8. The first-order valence-electron chi connectivity index (χ1n) is 4.92. The van der Waals surface area contributed by atoms with Crippen LogP contribution in [0, 0.1) is 0 Å². The van der Waals surface area contributed by atoms with Crippen molar-refractivity contribution < 1.29 is 4.79 Å². The minimum atomic E-state index is -0.0124. The fourth-order valence-electron chi connectivity index (χ4n) is 1.30. The molecule has 3 nitrogen and oxygen atoms in total. The van der Waals surface area contributed by atoms with Gasteiger partial charge in [-0.2, -0.15) is 0 Å². The third-order valence-corrected chi connectivity index (χ3v) is 2.10. The summed E-state index contributed by atoms with van der Waals surface area (Å²) in [5.41, 5.74) is 13.1. The van der Waals surface area contributed by atoms with E-state index in [0.29, 0.717) is 17.8 Å². The predicted molar refractivity (Wildman–Crippen MR) is 63.6 cm³/mol. The Hall–Kier alpha value is -1.61. The third-order valence-electron chi connectivity index (χ3n) is 2.10. The van der Waals surface area contributed by atoms with Crippen molar-refractivity contribution in [3.05, 3.63) is 35.4 Å². The molecule has 0 heterocycles. The van der Waals surface area contributed by atoms with E-state index < -0.39 is 0 Å². The summed E-state index contributed by atoms with van der Waals surface area (Å²) < 4.78 is 0. The molecule has 4 N–H and O–H groups in total. The van der Waals surface area contributed by atoms with E-state index >= 15 is 0 Å². The number of Topliss-reactive ketones (excluding diaryl/α,β-unsaturated/α-hetero) is 1. The van der Waals surface area contributed by atoms with E-state index in [9.17, 15) is 4.79 Å². The lowest BCUT2D eigenvalue weighted by atomic mass is 10.1. The molecular formula is C12H16N2O. The van der Waals surface area contributed by atoms with Gasteiger partial charge < -0.3 is 11.5 Å². The standard InChI is InChI=1S/C12H16N2O/c1-9(15)11-8-10(4-2-3-7-13)5-6-12(11)14/h2,4-6,8H,3,7,13-14H2,1H3. The van der Waals surface area contributed by atoms with Gasteiger partial charge in [-0.25, -0.2) is 0 Å². The molecule has 0 fully saturated rings. The molecule has 80 valence electrons. The van der Waals surface area contributed by atoms with E-state index in [2.05, 4.69) is 0 Å². The molecule has 0 aliphatic rings. The molecule has 0 amide bonds. The second-order valence-corrected chi connectivity index (χ2v) is 3.38. The van der Waals surface area contributed by atoms with E-state index in [1.54, 1.807) is 12.1 Å². The first-order chi connectivity index (χ1) is 7.15. The third kappa shape index (κ3) is 3.22. The summed E-state index contributed by atoms with van der Waals surface area (Å²) >= 11 is 0.